The van der Waals surface area contributed by atoms with Gasteiger partial charge in [0, 0.05) is 32.7 Å². The number of para-hydroxylation sites is 1. The summed E-state index contributed by atoms with van der Waals surface area (Å²) in [6.07, 6.45) is 4.33. The summed E-state index contributed by atoms with van der Waals surface area (Å²) in [6, 6.07) is 16.7. The van der Waals surface area contributed by atoms with Gasteiger partial charge in [-0.15, -0.1) is 0 Å². The van der Waals surface area contributed by atoms with Gasteiger partial charge in [-0.05, 0) is 17.7 Å². The third-order valence-corrected chi connectivity index (χ3v) is 5.11. The zero-order valence-corrected chi connectivity index (χ0v) is 17.0. The maximum Gasteiger partial charge on any atom is 0.387 e. The third-order valence-electron chi connectivity index (χ3n) is 5.11. The van der Waals surface area contributed by atoms with Crippen LogP contribution in [0.3, 0.4) is 0 Å². The first kappa shape index (κ1) is 21.1. The SMILES string of the molecule is FC(F)Oc1ccccc1-c1noc(CN2CCN(C/C=C/c3ccccc3)CC2)n1. The Hall–Kier alpha value is -3.10. The number of rotatable bonds is 8. The molecule has 6 nitrogen and oxygen atoms in total. The second kappa shape index (κ2) is 10.3. The maximum absolute atomic E-state index is 12.6. The molecule has 0 atom stereocenters. The molecule has 0 spiro atoms. The van der Waals surface area contributed by atoms with E-state index in [9.17, 15) is 8.78 Å². The van der Waals surface area contributed by atoms with Crippen LogP contribution >= 0.6 is 0 Å². The summed E-state index contributed by atoms with van der Waals surface area (Å²) in [5.74, 6) is 0.734. The van der Waals surface area contributed by atoms with Gasteiger partial charge < -0.3 is 9.26 Å². The number of halogens is 2. The Kier molecular flexibility index (Phi) is 7.01. The molecule has 8 heteroatoms. The van der Waals surface area contributed by atoms with Crippen LogP contribution in [0, 0.1) is 0 Å². The number of alkyl halides is 2. The van der Waals surface area contributed by atoms with Crippen molar-refractivity contribution in [2.45, 2.75) is 13.2 Å². The molecule has 1 aliphatic heterocycles. The van der Waals surface area contributed by atoms with Crippen molar-refractivity contribution >= 4 is 6.08 Å². The summed E-state index contributed by atoms with van der Waals surface area (Å²) in [4.78, 5) is 9.02. The first-order valence-electron chi connectivity index (χ1n) is 10.2. The normalized spacial score (nSPS) is 15.7. The molecule has 31 heavy (non-hydrogen) atoms. The van der Waals surface area contributed by atoms with Gasteiger partial charge >= 0.3 is 6.61 Å². The van der Waals surface area contributed by atoms with E-state index in [-0.39, 0.29) is 11.6 Å². The Labute approximate surface area is 179 Å². The van der Waals surface area contributed by atoms with Crippen molar-refractivity contribution in [3.63, 3.8) is 0 Å². The van der Waals surface area contributed by atoms with E-state index in [1.54, 1.807) is 18.2 Å². The summed E-state index contributed by atoms with van der Waals surface area (Å²) in [6.45, 7) is 2.21. The van der Waals surface area contributed by atoms with E-state index in [0.29, 0.717) is 18.0 Å². The molecule has 3 aromatic rings. The van der Waals surface area contributed by atoms with Crippen molar-refractivity contribution in [1.29, 1.82) is 0 Å². The molecule has 0 saturated carbocycles. The van der Waals surface area contributed by atoms with Gasteiger partial charge in [0.25, 0.3) is 0 Å². The number of nitrogens with zero attached hydrogens (tertiary/aromatic N) is 4. The Morgan fingerprint density at radius 1 is 0.968 bits per heavy atom. The lowest BCUT2D eigenvalue weighted by Crippen LogP contribution is -2.45. The number of aromatic nitrogens is 2. The Balaban J connectivity index is 1.28. The van der Waals surface area contributed by atoms with E-state index >= 15 is 0 Å². The quantitative estimate of drug-likeness (QED) is 0.539. The standard InChI is InChI=1S/C23H24F2N4O2/c24-23(25)30-20-11-5-4-10-19(20)22-26-21(31-27-22)17-29-15-13-28(14-16-29)12-6-9-18-7-2-1-3-8-18/h1-11,23H,12-17H2/b9-6+. The molecule has 0 radical (unpaired) electrons. The average molecular weight is 426 g/mol. The minimum Gasteiger partial charge on any atom is -0.434 e. The summed E-state index contributed by atoms with van der Waals surface area (Å²) in [7, 11) is 0. The van der Waals surface area contributed by atoms with E-state index in [1.807, 2.05) is 18.2 Å². The number of hydrogen-bond acceptors (Lipinski definition) is 6. The number of ether oxygens (including phenoxy) is 1. The molecule has 0 N–H and O–H groups in total. The highest BCUT2D eigenvalue weighted by atomic mass is 19.3. The Bertz CT molecular complexity index is 986. The molecule has 0 aliphatic carbocycles. The lowest BCUT2D eigenvalue weighted by Gasteiger charge is -2.33. The van der Waals surface area contributed by atoms with Gasteiger partial charge in [-0.2, -0.15) is 13.8 Å². The van der Waals surface area contributed by atoms with Crippen LogP contribution in [-0.4, -0.2) is 59.3 Å². The molecule has 0 bridgehead atoms. The summed E-state index contributed by atoms with van der Waals surface area (Å²) >= 11 is 0. The second-order valence-corrected chi connectivity index (χ2v) is 7.28. The first-order valence-corrected chi connectivity index (χ1v) is 10.2. The van der Waals surface area contributed by atoms with Crippen molar-refractivity contribution < 1.29 is 18.0 Å². The zero-order chi connectivity index (χ0) is 21.5. The van der Waals surface area contributed by atoms with Gasteiger partial charge in [0.15, 0.2) is 0 Å². The molecule has 2 aromatic carbocycles. The van der Waals surface area contributed by atoms with Crippen LogP contribution in [-0.2, 0) is 6.54 Å². The van der Waals surface area contributed by atoms with Crippen molar-refractivity contribution in [3.05, 3.63) is 72.1 Å². The van der Waals surface area contributed by atoms with Gasteiger partial charge in [0.2, 0.25) is 11.7 Å². The van der Waals surface area contributed by atoms with Crippen LogP contribution in [0.25, 0.3) is 17.5 Å². The molecule has 162 valence electrons. The van der Waals surface area contributed by atoms with Crippen LogP contribution in [0.15, 0.2) is 65.2 Å². The summed E-state index contributed by atoms with van der Waals surface area (Å²) in [5, 5.41) is 3.95. The minimum absolute atomic E-state index is 0.0296. The van der Waals surface area contributed by atoms with Crippen LogP contribution in [0.5, 0.6) is 5.75 Å². The van der Waals surface area contributed by atoms with E-state index < -0.39 is 6.61 Å². The first-order chi connectivity index (χ1) is 15.2. The van der Waals surface area contributed by atoms with Crippen molar-refractivity contribution in [3.8, 4) is 17.1 Å². The van der Waals surface area contributed by atoms with Crippen LogP contribution in [0.2, 0.25) is 0 Å². The molecule has 0 amide bonds. The zero-order valence-electron chi connectivity index (χ0n) is 17.0. The largest absolute Gasteiger partial charge is 0.434 e. The lowest BCUT2D eigenvalue weighted by atomic mass is 10.2. The highest BCUT2D eigenvalue weighted by molar-refractivity contribution is 5.63. The molecule has 1 aliphatic rings. The summed E-state index contributed by atoms with van der Waals surface area (Å²) in [5.41, 5.74) is 1.58. The highest BCUT2D eigenvalue weighted by Gasteiger charge is 2.20. The minimum atomic E-state index is -2.91. The second-order valence-electron chi connectivity index (χ2n) is 7.28. The van der Waals surface area contributed by atoms with Gasteiger partial charge in [-0.1, -0.05) is 59.8 Å². The van der Waals surface area contributed by atoms with Crippen molar-refractivity contribution in [1.82, 2.24) is 19.9 Å². The third kappa shape index (κ3) is 5.96. The topological polar surface area (TPSA) is 54.6 Å². The van der Waals surface area contributed by atoms with Gasteiger partial charge in [-0.25, -0.2) is 0 Å². The fraction of sp³-hybridized carbons (Fsp3) is 0.304. The highest BCUT2D eigenvalue weighted by Crippen LogP contribution is 2.29. The van der Waals surface area contributed by atoms with Gasteiger partial charge in [0.1, 0.15) is 5.75 Å². The smallest absolute Gasteiger partial charge is 0.387 e. The predicted octanol–water partition coefficient (Wildman–Crippen LogP) is 4.17. The van der Waals surface area contributed by atoms with E-state index in [1.165, 1.54) is 11.6 Å². The Morgan fingerprint density at radius 3 is 2.45 bits per heavy atom. The number of hydrogen-bond donors (Lipinski definition) is 0. The number of benzene rings is 2. The molecule has 4 rings (SSSR count). The molecule has 1 aromatic heterocycles. The van der Waals surface area contributed by atoms with E-state index in [4.69, 9.17) is 4.52 Å². The molecular formula is C23H24F2N4O2. The fourth-order valence-electron chi connectivity index (χ4n) is 3.50. The van der Waals surface area contributed by atoms with Gasteiger partial charge in [-0.3, -0.25) is 9.80 Å². The van der Waals surface area contributed by atoms with Gasteiger partial charge in [0.05, 0.1) is 12.1 Å². The van der Waals surface area contributed by atoms with Crippen LogP contribution < -0.4 is 4.74 Å². The van der Waals surface area contributed by atoms with E-state index in [0.717, 1.165) is 32.7 Å². The van der Waals surface area contributed by atoms with Crippen LogP contribution in [0.1, 0.15) is 11.5 Å². The monoisotopic (exact) mass is 426 g/mol. The summed E-state index contributed by atoms with van der Waals surface area (Å²) < 4.78 is 35.2. The Morgan fingerprint density at radius 2 is 1.68 bits per heavy atom. The molecule has 2 heterocycles. The van der Waals surface area contributed by atoms with Crippen molar-refractivity contribution in [2.75, 3.05) is 32.7 Å². The molecule has 0 unspecified atom stereocenters. The maximum atomic E-state index is 12.6. The fourth-order valence-corrected chi connectivity index (χ4v) is 3.50. The van der Waals surface area contributed by atoms with E-state index in [2.05, 4.69) is 49.0 Å². The predicted molar refractivity (Wildman–Crippen MR) is 114 cm³/mol. The molecule has 1 saturated heterocycles. The average Bonchev–Trinajstić information content (AvgIpc) is 3.24. The van der Waals surface area contributed by atoms with Crippen LogP contribution in [0.4, 0.5) is 8.78 Å². The molecular weight excluding hydrogens is 402 g/mol. The molecule has 1 fully saturated rings. The number of piperazine rings is 1. The lowest BCUT2D eigenvalue weighted by molar-refractivity contribution is -0.0494. The van der Waals surface area contributed by atoms with Crippen molar-refractivity contribution in [2.24, 2.45) is 0 Å².